The number of benzene rings is 1. The number of fused-ring (bicyclic) bond motifs is 1. The number of amides is 1. The number of rotatable bonds is 8. The van der Waals surface area contributed by atoms with Gasteiger partial charge in [0.1, 0.15) is 36.1 Å². The van der Waals surface area contributed by atoms with E-state index < -0.39 is 48.5 Å². The fourth-order valence-electron chi connectivity index (χ4n) is 4.76. The van der Waals surface area contributed by atoms with E-state index in [4.69, 9.17) is 14.5 Å². The van der Waals surface area contributed by atoms with Crippen LogP contribution in [0.25, 0.3) is 0 Å². The number of thioether (sulfide) groups is 1. The number of H-pyrrole nitrogens is 1. The first kappa shape index (κ1) is 30.1. The van der Waals surface area contributed by atoms with Crippen molar-refractivity contribution >= 4 is 47.0 Å². The molecule has 1 aromatic carbocycles. The minimum atomic E-state index is -1.58. The van der Waals surface area contributed by atoms with E-state index in [1.54, 1.807) is 32.9 Å². The molecule has 0 spiro atoms. The van der Waals surface area contributed by atoms with E-state index in [0.29, 0.717) is 23.2 Å². The molecule has 2 aliphatic rings. The van der Waals surface area contributed by atoms with Gasteiger partial charge < -0.3 is 9.47 Å². The smallest absolute Gasteiger partial charge is 0.418 e. The molecule has 0 bridgehead atoms. The Hall–Kier alpha value is -1.83. The molecule has 1 aliphatic heterocycles. The lowest BCUT2D eigenvalue weighted by Gasteiger charge is -2.38. The summed E-state index contributed by atoms with van der Waals surface area (Å²) in [5.74, 6) is -0.983. The molecular formula is C26H36BrF2N5O3SSi. The van der Waals surface area contributed by atoms with Crippen molar-refractivity contribution in [1.82, 2.24) is 20.3 Å². The minimum absolute atomic E-state index is 0.119. The number of nitrogens with zero attached hydrogens (tertiary/aromatic N) is 4. The van der Waals surface area contributed by atoms with Crippen molar-refractivity contribution in [2.75, 3.05) is 20.0 Å². The topological polar surface area (TPSA) is 92.7 Å². The van der Waals surface area contributed by atoms with Crippen LogP contribution in [0.2, 0.25) is 25.7 Å². The van der Waals surface area contributed by atoms with Gasteiger partial charge in [-0.25, -0.2) is 23.5 Å². The van der Waals surface area contributed by atoms with Gasteiger partial charge in [0, 0.05) is 30.6 Å². The average molecular weight is 645 g/mol. The number of alkyl halides is 1. The van der Waals surface area contributed by atoms with E-state index in [9.17, 15) is 4.79 Å². The van der Waals surface area contributed by atoms with Crippen molar-refractivity contribution in [3.63, 3.8) is 0 Å². The molecule has 2 heterocycles. The molecule has 4 rings (SSSR count). The predicted molar refractivity (Wildman–Crippen MR) is 155 cm³/mol. The first-order valence-electron chi connectivity index (χ1n) is 12.9. The van der Waals surface area contributed by atoms with Gasteiger partial charge in [-0.2, -0.15) is 0 Å². The number of amidine groups is 1. The maximum absolute atomic E-state index is 15.4. The molecule has 0 unspecified atom stereocenters. The van der Waals surface area contributed by atoms with Gasteiger partial charge in [-0.3, -0.25) is 5.10 Å². The van der Waals surface area contributed by atoms with Crippen LogP contribution in [0, 0.1) is 18.7 Å². The Labute approximate surface area is 241 Å². The molecule has 2 aromatic rings. The summed E-state index contributed by atoms with van der Waals surface area (Å²) in [6, 6.07) is 5.32. The number of halogens is 3. The molecule has 13 heteroatoms. The highest BCUT2D eigenvalue weighted by molar-refractivity contribution is 9.10. The fourth-order valence-corrected chi connectivity index (χ4v) is 7.53. The van der Waals surface area contributed by atoms with Gasteiger partial charge in [-0.1, -0.05) is 52.5 Å². The Balaban J connectivity index is 1.82. The molecule has 0 saturated heterocycles. The van der Waals surface area contributed by atoms with Crippen LogP contribution in [0.15, 0.2) is 27.7 Å². The molecule has 1 N–H and O–H groups in total. The fraction of sp³-hybridized carbons (Fsp3) is 0.615. The first-order chi connectivity index (χ1) is 18.1. The first-order valence-corrected chi connectivity index (χ1v) is 18.2. The number of hydrogen-bond acceptors (Lipinski definition) is 7. The number of carbonyl (C=O) groups excluding carboxylic acids is 1. The van der Waals surface area contributed by atoms with Crippen LogP contribution in [0.3, 0.4) is 0 Å². The van der Waals surface area contributed by atoms with Crippen LogP contribution < -0.4 is 0 Å². The lowest BCUT2D eigenvalue weighted by atomic mass is 9.84. The number of aryl methyl sites for hydroxylation is 1. The number of aliphatic imine (C=N–C) groups is 1. The summed E-state index contributed by atoms with van der Waals surface area (Å²) in [6.07, 6.45) is -0.192. The van der Waals surface area contributed by atoms with Gasteiger partial charge in [0.25, 0.3) is 0 Å². The molecule has 1 aromatic heterocycles. The summed E-state index contributed by atoms with van der Waals surface area (Å²) >= 11 is 4.71. The highest BCUT2D eigenvalue weighted by Crippen LogP contribution is 2.72. The molecule has 3 atom stereocenters. The van der Waals surface area contributed by atoms with Crippen LogP contribution in [0.1, 0.15) is 44.1 Å². The summed E-state index contributed by atoms with van der Waals surface area (Å²) in [4.78, 5) is 19.6. The van der Waals surface area contributed by atoms with Crippen molar-refractivity contribution in [2.45, 2.75) is 75.7 Å². The van der Waals surface area contributed by atoms with Crippen LogP contribution in [0.4, 0.5) is 13.6 Å². The summed E-state index contributed by atoms with van der Waals surface area (Å²) in [6.45, 7) is 13.2. The highest BCUT2D eigenvalue weighted by atomic mass is 79.9. The third-order valence-corrected chi connectivity index (χ3v) is 10.5. The van der Waals surface area contributed by atoms with E-state index >= 15 is 8.78 Å². The molecule has 8 nitrogen and oxygen atoms in total. The lowest BCUT2D eigenvalue weighted by molar-refractivity contribution is 0.0109. The van der Waals surface area contributed by atoms with Crippen molar-refractivity contribution in [3.8, 4) is 0 Å². The van der Waals surface area contributed by atoms with E-state index in [0.717, 1.165) is 11.7 Å². The molecule has 39 heavy (non-hydrogen) atoms. The number of ether oxygens (including phenoxy) is 2. The number of hydrogen-bond donors (Lipinski definition) is 1. The third-order valence-electron chi connectivity index (χ3n) is 6.84. The largest absolute Gasteiger partial charge is 0.443 e. The van der Waals surface area contributed by atoms with Crippen LogP contribution >= 0.6 is 27.7 Å². The molecule has 1 saturated carbocycles. The molecule has 1 amide bonds. The summed E-state index contributed by atoms with van der Waals surface area (Å²) in [5, 5.41) is 11.3. The maximum atomic E-state index is 15.4. The Morgan fingerprint density at radius 2 is 2.05 bits per heavy atom. The molecular weight excluding hydrogens is 608 g/mol. The van der Waals surface area contributed by atoms with Crippen molar-refractivity contribution < 1.29 is 23.0 Å². The number of aromatic amines is 1. The zero-order valence-electron chi connectivity index (χ0n) is 23.4. The second kappa shape index (κ2) is 10.9. The number of nitrogens with one attached hydrogen (secondary N) is 1. The Kier molecular flexibility index (Phi) is 8.39. The monoisotopic (exact) mass is 643 g/mol. The highest BCUT2D eigenvalue weighted by Gasteiger charge is 2.71. The third kappa shape index (κ3) is 6.25. The van der Waals surface area contributed by atoms with E-state index in [2.05, 4.69) is 51.0 Å². The van der Waals surface area contributed by atoms with Gasteiger partial charge >= 0.3 is 6.09 Å². The lowest BCUT2D eigenvalue weighted by Crippen LogP contribution is -2.46. The zero-order valence-corrected chi connectivity index (χ0v) is 26.8. The van der Waals surface area contributed by atoms with Gasteiger partial charge in [-0.05, 0) is 58.4 Å². The number of carbonyl (C=O) groups is 1. The van der Waals surface area contributed by atoms with Crippen LogP contribution in [0.5, 0.6) is 0 Å². The van der Waals surface area contributed by atoms with Gasteiger partial charge in [0.2, 0.25) is 0 Å². The zero-order chi connectivity index (χ0) is 28.8. The van der Waals surface area contributed by atoms with E-state index in [1.165, 1.54) is 22.7 Å². The van der Waals surface area contributed by atoms with Crippen molar-refractivity contribution in [2.24, 2.45) is 10.9 Å². The summed E-state index contributed by atoms with van der Waals surface area (Å²) < 4.78 is 42.3. The minimum Gasteiger partial charge on any atom is -0.443 e. The molecule has 0 radical (unpaired) electrons. The maximum Gasteiger partial charge on any atom is 0.418 e. The summed E-state index contributed by atoms with van der Waals surface area (Å²) in [7, 11) is -1.39. The van der Waals surface area contributed by atoms with Gasteiger partial charge in [0.15, 0.2) is 5.17 Å². The normalized spacial score (nSPS) is 24.7. The molecule has 1 aliphatic carbocycles. The van der Waals surface area contributed by atoms with Gasteiger partial charge in [0.05, 0.1) is 10.4 Å². The quantitative estimate of drug-likeness (QED) is 0.194. The average Bonchev–Trinajstić information content (AvgIpc) is 3.41. The van der Waals surface area contributed by atoms with Crippen LogP contribution in [-0.4, -0.2) is 65.3 Å². The van der Waals surface area contributed by atoms with E-state index in [-0.39, 0.29) is 17.5 Å². The second-order valence-electron chi connectivity index (χ2n) is 12.4. The Morgan fingerprint density at radius 3 is 2.64 bits per heavy atom. The van der Waals surface area contributed by atoms with Crippen molar-refractivity contribution in [3.05, 3.63) is 45.4 Å². The van der Waals surface area contributed by atoms with Crippen LogP contribution in [-0.2, 0) is 19.8 Å². The standard InChI is InChI=1S/C26H36BrF2N5O3SSi/c1-16-21(32-33-31-16)26-13-20(26)25(14-28,18-12-17(27)8-9-19(18)29)30-22(38-26)34(23(35)37-24(2,3)4)15-36-10-11-39(5,6)7/h8-9,12,20H,10-11,13-15H2,1-7H3,(H,31,32,33)/t20-,25+,26-/m0/s1. The molecule has 1 fully saturated rings. The Morgan fingerprint density at radius 1 is 1.33 bits per heavy atom. The number of aromatic nitrogens is 3. The van der Waals surface area contributed by atoms with Crippen molar-refractivity contribution in [1.29, 1.82) is 0 Å². The van der Waals surface area contributed by atoms with E-state index in [1.807, 2.05) is 6.92 Å². The predicted octanol–water partition coefficient (Wildman–Crippen LogP) is 6.75. The SMILES string of the molecule is Cc1[nH]nnc1[C@]12C[C@H]1[C@@](CF)(c1cc(Br)ccc1F)N=C(N(COCC[Si](C)(C)C)C(=O)OC(C)(C)C)S2. The molecule has 214 valence electrons. The van der Waals surface area contributed by atoms with Gasteiger partial charge in [-0.15, -0.1) is 5.10 Å². The summed E-state index contributed by atoms with van der Waals surface area (Å²) in [5.41, 5.74) is -0.887. The Bertz CT molecular complexity index is 1270. The second-order valence-corrected chi connectivity index (χ2v) is 20.2.